The third-order valence-corrected chi connectivity index (χ3v) is 4.66. The first-order valence-electron chi connectivity index (χ1n) is 6.13. The second-order valence-electron chi connectivity index (χ2n) is 4.74. The molecule has 2 aromatic rings. The zero-order valence-corrected chi connectivity index (χ0v) is 14.0. The minimum atomic E-state index is 0.120. The fourth-order valence-corrected chi connectivity index (χ4v) is 3.89. The van der Waals surface area contributed by atoms with Crippen molar-refractivity contribution in [3.63, 3.8) is 0 Å². The van der Waals surface area contributed by atoms with Gasteiger partial charge in [-0.05, 0) is 43.5 Å². The molecule has 100 valence electrons. The zero-order valence-electron chi connectivity index (χ0n) is 10.9. The first kappa shape index (κ1) is 14.9. The molecule has 2 rings (SSSR count). The summed E-state index contributed by atoms with van der Waals surface area (Å²) >= 11 is 16.2. The van der Waals surface area contributed by atoms with Crippen molar-refractivity contribution in [2.24, 2.45) is 0 Å². The molecule has 0 aromatic heterocycles. The Hall–Kier alpha value is -0.500. The molecule has 0 N–H and O–H groups in total. The van der Waals surface area contributed by atoms with E-state index in [9.17, 15) is 0 Å². The molecular formula is C16H15BrCl2. The monoisotopic (exact) mass is 356 g/mol. The maximum absolute atomic E-state index is 6.25. The molecule has 1 atom stereocenters. The van der Waals surface area contributed by atoms with Crippen molar-refractivity contribution in [1.29, 1.82) is 0 Å². The summed E-state index contributed by atoms with van der Waals surface area (Å²) in [6, 6.07) is 12.1. The Morgan fingerprint density at radius 2 is 1.68 bits per heavy atom. The lowest BCUT2D eigenvalue weighted by Gasteiger charge is -2.15. The highest BCUT2D eigenvalue weighted by Gasteiger charge is 2.16. The van der Waals surface area contributed by atoms with Crippen LogP contribution in [-0.2, 0) is 6.42 Å². The highest BCUT2D eigenvalue weighted by atomic mass is 79.9. The minimum Gasteiger partial charge on any atom is -0.0839 e. The normalized spacial score (nSPS) is 12.5. The number of alkyl halides is 1. The zero-order chi connectivity index (χ0) is 14.0. The van der Waals surface area contributed by atoms with Crippen molar-refractivity contribution in [3.05, 3.63) is 68.7 Å². The van der Waals surface area contributed by atoms with Crippen LogP contribution in [0.1, 0.15) is 27.1 Å². The average Bonchev–Trinajstić information content (AvgIpc) is 2.33. The van der Waals surface area contributed by atoms with Gasteiger partial charge in [0.2, 0.25) is 0 Å². The molecule has 3 heteroatoms. The Balaban J connectivity index is 2.31. The summed E-state index contributed by atoms with van der Waals surface area (Å²) < 4.78 is 0. The molecule has 0 fully saturated rings. The fourth-order valence-electron chi connectivity index (χ4n) is 2.13. The Labute approximate surface area is 132 Å². The van der Waals surface area contributed by atoms with Crippen LogP contribution in [0.25, 0.3) is 0 Å². The summed E-state index contributed by atoms with van der Waals surface area (Å²) in [7, 11) is 0. The Kier molecular flexibility index (Phi) is 4.94. The van der Waals surface area contributed by atoms with Gasteiger partial charge in [-0.1, -0.05) is 69.0 Å². The Morgan fingerprint density at radius 1 is 1.05 bits per heavy atom. The van der Waals surface area contributed by atoms with Gasteiger partial charge in [0.25, 0.3) is 0 Å². The average molecular weight is 358 g/mol. The molecule has 0 aliphatic carbocycles. The van der Waals surface area contributed by atoms with Crippen LogP contribution in [-0.4, -0.2) is 0 Å². The van der Waals surface area contributed by atoms with E-state index in [0.717, 1.165) is 12.0 Å². The van der Waals surface area contributed by atoms with Crippen molar-refractivity contribution >= 4 is 39.1 Å². The van der Waals surface area contributed by atoms with Gasteiger partial charge in [-0.15, -0.1) is 0 Å². The van der Waals surface area contributed by atoms with Crippen LogP contribution in [0.15, 0.2) is 36.4 Å². The van der Waals surface area contributed by atoms with Gasteiger partial charge in [-0.2, -0.15) is 0 Å². The molecule has 0 aliphatic rings. The number of halogens is 3. The summed E-state index contributed by atoms with van der Waals surface area (Å²) in [5, 5.41) is 1.42. The van der Waals surface area contributed by atoms with Crippen LogP contribution in [0, 0.1) is 13.8 Å². The highest BCUT2D eigenvalue weighted by molar-refractivity contribution is 9.09. The van der Waals surface area contributed by atoms with Crippen LogP contribution in [0.5, 0.6) is 0 Å². The molecule has 0 saturated heterocycles. The van der Waals surface area contributed by atoms with Crippen molar-refractivity contribution in [1.82, 2.24) is 0 Å². The maximum atomic E-state index is 6.25. The van der Waals surface area contributed by atoms with E-state index in [4.69, 9.17) is 23.2 Å². The molecule has 0 amide bonds. The molecule has 0 spiro atoms. The third-order valence-electron chi connectivity index (χ3n) is 3.22. The van der Waals surface area contributed by atoms with E-state index in [1.807, 2.05) is 18.2 Å². The van der Waals surface area contributed by atoms with Gasteiger partial charge < -0.3 is 0 Å². The number of aryl methyl sites for hydroxylation is 2. The third kappa shape index (κ3) is 3.53. The lowest BCUT2D eigenvalue weighted by molar-refractivity contribution is 0.936. The number of hydrogen-bond donors (Lipinski definition) is 0. The van der Waals surface area contributed by atoms with E-state index < -0.39 is 0 Å². The van der Waals surface area contributed by atoms with Crippen LogP contribution in [0.2, 0.25) is 10.0 Å². The topological polar surface area (TPSA) is 0 Å². The van der Waals surface area contributed by atoms with Crippen LogP contribution in [0.4, 0.5) is 0 Å². The van der Waals surface area contributed by atoms with E-state index in [-0.39, 0.29) is 4.83 Å². The smallest absolute Gasteiger partial charge is 0.0465 e. The molecule has 0 bridgehead atoms. The van der Waals surface area contributed by atoms with E-state index in [0.29, 0.717) is 10.0 Å². The van der Waals surface area contributed by atoms with E-state index in [1.165, 1.54) is 16.7 Å². The van der Waals surface area contributed by atoms with Gasteiger partial charge in [-0.25, -0.2) is 0 Å². The molecule has 2 aromatic carbocycles. The summed E-state index contributed by atoms with van der Waals surface area (Å²) in [6.07, 6.45) is 0.872. The van der Waals surface area contributed by atoms with Crippen LogP contribution < -0.4 is 0 Å². The molecule has 0 heterocycles. The highest BCUT2D eigenvalue weighted by Crippen LogP contribution is 2.37. The van der Waals surface area contributed by atoms with E-state index >= 15 is 0 Å². The molecular weight excluding hydrogens is 343 g/mol. The van der Waals surface area contributed by atoms with Gasteiger partial charge in [-0.3, -0.25) is 0 Å². The first-order chi connectivity index (χ1) is 8.99. The molecule has 19 heavy (non-hydrogen) atoms. The molecule has 0 aliphatic heterocycles. The van der Waals surface area contributed by atoms with Gasteiger partial charge in [0.05, 0.1) is 0 Å². The van der Waals surface area contributed by atoms with Crippen molar-refractivity contribution in [3.8, 4) is 0 Å². The molecule has 0 nitrogen and oxygen atoms in total. The fraction of sp³-hybridized carbons (Fsp3) is 0.250. The number of benzene rings is 2. The van der Waals surface area contributed by atoms with Gasteiger partial charge in [0.15, 0.2) is 0 Å². The summed E-state index contributed by atoms with van der Waals surface area (Å²) in [6.45, 7) is 4.23. The van der Waals surface area contributed by atoms with Crippen molar-refractivity contribution < 1.29 is 0 Å². The van der Waals surface area contributed by atoms with Crippen LogP contribution >= 0.6 is 39.1 Å². The quantitative estimate of drug-likeness (QED) is 0.566. The molecule has 1 unspecified atom stereocenters. The van der Waals surface area contributed by atoms with Crippen LogP contribution in [0.3, 0.4) is 0 Å². The number of rotatable bonds is 3. The van der Waals surface area contributed by atoms with Gasteiger partial charge in [0, 0.05) is 20.4 Å². The Morgan fingerprint density at radius 3 is 2.32 bits per heavy atom. The SMILES string of the molecule is Cc1ccc(C)c(CC(Br)c2c(Cl)cccc2Cl)c1. The molecule has 0 saturated carbocycles. The van der Waals surface area contributed by atoms with Crippen molar-refractivity contribution in [2.75, 3.05) is 0 Å². The predicted molar refractivity (Wildman–Crippen MR) is 87.8 cm³/mol. The predicted octanol–water partition coefficient (Wildman–Crippen LogP) is 6.29. The number of hydrogen-bond acceptors (Lipinski definition) is 0. The lowest BCUT2D eigenvalue weighted by atomic mass is 9.98. The standard InChI is InChI=1S/C16H15BrCl2/c1-10-6-7-11(2)12(8-10)9-13(17)16-14(18)4-3-5-15(16)19/h3-8,13H,9H2,1-2H3. The Bertz CT molecular complexity index is 573. The summed E-state index contributed by atoms with van der Waals surface area (Å²) in [5.41, 5.74) is 4.84. The van der Waals surface area contributed by atoms with E-state index in [1.54, 1.807) is 0 Å². The van der Waals surface area contributed by atoms with Gasteiger partial charge >= 0.3 is 0 Å². The summed E-state index contributed by atoms with van der Waals surface area (Å²) in [5.74, 6) is 0. The maximum Gasteiger partial charge on any atom is 0.0465 e. The van der Waals surface area contributed by atoms with Gasteiger partial charge in [0.1, 0.15) is 0 Å². The molecule has 0 radical (unpaired) electrons. The second kappa shape index (κ2) is 6.30. The lowest BCUT2D eigenvalue weighted by Crippen LogP contribution is -2.00. The van der Waals surface area contributed by atoms with E-state index in [2.05, 4.69) is 48.0 Å². The first-order valence-corrected chi connectivity index (χ1v) is 7.80. The van der Waals surface area contributed by atoms with Crippen molar-refractivity contribution in [2.45, 2.75) is 25.1 Å². The largest absolute Gasteiger partial charge is 0.0839 e. The second-order valence-corrected chi connectivity index (χ2v) is 6.66. The minimum absolute atomic E-state index is 0.120. The summed E-state index contributed by atoms with van der Waals surface area (Å²) in [4.78, 5) is 0.120.